The van der Waals surface area contributed by atoms with Crippen LogP contribution in [0.2, 0.25) is 5.02 Å². The van der Waals surface area contributed by atoms with Gasteiger partial charge in [-0.25, -0.2) is 17.9 Å². The van der Waals surface area contributed by atoms with Crippen molar-refractivity contribution in [3.8, 4) is 0 Å². The monoisotopic (exact) mass is 434 g/mol. The fourth-order valence-electron chi connectivity index (χ4n) is 2.75. The summed E-state index contributed by atoms with van der Waals surface area (Å²) in [5.74, 6) is 0. The zero-order chi connectivity index (χ0) is 20.7. The standard InChI is InChI=1S/C17H14ClF3N2O4S/c1-10-2-5-12(6-3-10)28(25,26)22-9-16(17(19,20)21)13-8-11(18)4-7-14(13)23-15(24)27-16/h2-8,22H,9H2,1H3,(H,23,24). The Morgan fingerprint density at radius 3 is 2.43 bits per heavy atom. The smallest absolute Gasteiger partial charge is 0.426 e. The van der Waals surface area contributed by atoms with E-state index in [2.05, 4.69) is 10.1 Å². The molecule has 0 aliphatic carbocycles. The lowest BCUT2D eigenvalue weighted by Crippen LogP contribution is -2.56. The second kappa shape index (κ2) is 6.94. The topological polar surface area (TPSA) is 84.5 Å². The molecule has 0 bridgehead atoms. The van der Waals surface area contributed by atoms with Gasteiger partial charge in [0.2, 0.25) is 15.6 Å². The number of aryl methyl sites for hydroxylation is 1. The number of hydrogen-bond donors (Lipinski definition) is 2. The van der Waals surface area contributed by atoms with Crippen molar-refractivity contribution in [1.29, 1.82) is 0 Å². The predicted molar refractivity (Wildman–Crippen MR) is 95.7 cm³/mol. The quantitative estimate of drug-likeness (QED) is 0.763. The van der Waals surface area contributed by atoms with E-state index in [1.807, 2.05) is 4.72 Å². The lowest BCUT2D eigenvalue weighted by molar-refractivity contribution is -0.261. The van der Waals surface area contributed by atoms with Gasteiger partial charge in [0.25, 0.3) is 0 Å². The van der Waals surface area contributed by atoms with Crippen molar-refractivity contribution in [1.82, 2.24) is 4.72 Å². The van der Waals surface area contributed by atoms with Crippen LogP contribution in [-0.2, 0) is 20.4 Å². The molecule has 1 aliphatic rings. The SMILES string of the molecule is Cc1ccc(S(=O)(=O)NCC2(C(F)(F)F)OC(=O)Nc3ccc(Cl)cc32)cc1. The largest absolute Gasteiger partial charge is 0.434 e. The Morgan fingerprint density at radius 2 is 1.82 bits per heavy atom. The normalized spacial score (nSPS) is 19.5. The van der Waals surface area contributed by atoms with Gasteiger partial charge in [0.05, 0.1) is 17.1 Å². The van der Waals surface area contributed by atoms with Crippen LogP contribution in [0.25, 0.3) is 0 Å². The first kappa shape index (κ1) is 20.4. The van der Waals surface area contributed by atoms with Crippen molar-refractivity contribution in [2.24, 2.45) is 0 Å². The van der Waals surface area contributed by atoms with Crippen LogP contribution in [-0.4, -0.2) is 27.2 Å². The molecular weight excluding hydrogens is 421 g/mol. The Labute approximate surface area is 163 Å². The van der Waals surface area contributed by atoms with Crippen LogP contribution in [0.4, 0.5) is 23.7 Å². The molecule has 0 aromatic heterocycles. The number of carbonyl (C=O) groups excluding carboxylic acids is 1. The van der Waals surface area contributed by atoms with Crippen molar-refractivity contribution in [2.45, 2.75) is 23.6 Å². The second-order valence-electron chi connectivity index (χ2n) is 6.17. The summed E-state index contributed by atoms with van der Waals surface area (Å²) in [6.45, 7) is 0.477. The molecule has 1 heterocycles. The van der Waals surface area contributed by atoms with E-state index in [-0.39, 0.29) is 15.6 Å². The molecule has 2 N–H and O–H groups in total. The first-order valence-electron chi connectivity index (χ1n) is 7.88. The highest BCUT2D eigenvalue weighted by Gasteiger charge is 2.62. The molecule has 1 atom stereocenters. The number of carbonyl (C=O) groups is 1. The van der Waals surface area contributed by atoms with Crippen LogP contribution in [0.15, 0.2) is 47.4 Å². The molecule has 0 spiro atoms. The molecule has 1 aliphatic heterocycles. The van der Waals surface area contributed by atoms with E-state index in [4.69, 9.17) is 11.6 Å². The van der Waals surface area contributed by atoms with Gasteiger partial charge in [-0.15, -0.1) is 0 Å². The Hall–Kier alpha value is -2.30. The van der Waals surface area contributed by atoms with E-state index in [0.29, 0.717) is 0 Å². The van der Waals surface area contributed by atoms with Gasteiger partial charge in [-0.1, -0.05) is 29.3 Å². The molecule has 2 aromatic carbocycles. The number of cyclic esters (lactones) is 1. The molecule has 0 fully saturated rings. The number of anilines is 1. The van der Waals surface area contributed by atoms with Crippen LogP contribution < -0.4 is 10.0 Å². The zero-order valence-corrected chi connectivity index (χ0v) is 15.9. The lowest BCUT2D eigenvalue weighted by Gasteiger charge is -2.39. The van der Waals surface area contributed by atoms with E-state index in [9.17, 15) is 26.4 Å². The molecule has 11 heteroatoms. The number of fused-ring (bicyclic) bond motifs is 1. The second-order valence-corrected chi connectivity index (χ2v) is 8.37. The predicted octanol–water partition coefficient (Wildman–Crippen LogP) is 3.95. The summed E-state index contributed by atoms with van der Waals surface area (Å²) in [7, 11) is -4.30. The van der Waals surface area contributed by atoms with Crippen molar-refractivity contribution in [3.63, 3.8) is 0 Å². The number of ether oxygens (including phenoxy) is 1. The number of nitrogens with one attached hydrogen (secondary N) is 2. The molecule has 1 amide bonds. The average molecular weight is 435 g/mol. The Kier molecular flexibility index (Phi) is 5.07. The summed E-state index contributed by atoms with van der Waals surface area (Å²) in [5, 5.41) is 2.12. The van der Waals surface area contributed by atoms with Crippen LogP contribution in [0.1, 0.15) is 11.1 Å². The molecule has 0 saturated heterocycles. The molecule has 150 valence electrons. The van der Waals surface area contributed by atoms with Crippen LogP contribution in [0.3, 0.4) is 0 Å². The number of halogens is 4. The molecular formula is C17H14ClF3N2O4S. The van der Waals surface area contributed by atoms with Crippen molar-refractivity contribution in [2.75, 3.05) is 11.9 Å². The Bertz CT molecular complexity index is 1030. The Morgan fingerprint density at radius 1 is 1.18 bits per heavy atom. The number of sulfonamides is 1. The van der Waals surface area contributed by atoms with Gasteiger partial charge in [-0.05, 0) is 37.3 Å². The molecule has 28 heavy (non-hydrogen) atoms. The number of amides is 1. The molecule has 0 saturated carbocycles. The van der Waals surface area contributed by atoms with E-state index in [0.717, 1.165) is 11.6 Å². The zero-order valence-electron chi connectivity index (χ0n) is 14.3. The third-order valence-corrected chi connectivity index (χ3v) is 5.87. The molecule has 2 aromatic rings. The molecule has 6 nitrogen and oxygen atoms in total. The van der Waals surface area contributed by atoms with Gasteiger partial charge < -0.3 is 4.74 Å². The van der Waals surface area contributed by atoms with Crippen LogP contribution >= 0.6 is 11.6 Å². The average Bonchev–Trinajstić information content (AvgIpc) is 2.59. The molecule has 1 unspecified atom stereocenters. The summed E-state index contributed by atoms with van der Waals surface area (Å²) >= 11 is 5.82. The highest BCUT2D eigenvalue weighted by molar-refractivity contribution is 7.89. The summed E-state index contributed by atoms with van der Waals surface area (Å²) in [4.78, 5) is 11.5. The van der Waals surface area contributed by atoms with E-state index >= 15 is 0 Å². The number of benzene rings is 2. The molecule has 3 rings (SSSR count). The highest BCUT2D eigenvalue weighted by Crippen LogP contribution is 2.48. The van der Waals surface area contributed by atoms with Gasteiger partial charge >= 0.3 is 12.3 Å². The van der Waals surface area contributed by atoms with E-state index in [1.165, 1.54) is 36.4 Å². The summed E-state index contributed by atoms with van der Waals surface area (Å²) in [6.07, 6.45) is -6.48. The fourth-order valence-corrected chi connectivity index (χ4v) is 3.97. The van der Waals surface area contributed by atoms with Crippen molar-refractivity contribution >= 4 is 33.4 Å². The molecule has 0 radical (unpaired) electrons. The van der Waals surface area contributed by atoms with Gasteiger partial charge in [-0.3, -0.25) is 5.32 Å². The van der Waals surface area contributed by atoms with Crippen molar-refractivity contribution < 1.29 is 31.1 Å². The lowest BCUT2D eigenvalue weighted by atomic mass is 9.90. The van der Waals surface area contributed by atoms with Crippen molar-refractivity contribution in [3.05, 3.63) is 58.6 Å². The number of rotatable bonds is 4. The van der Waals surface area contributed by atoms with E-state index in [1.54, 1.807) is 6.92 Å². The maximum Gasteiger partial charge on any atom is 0.434 e. The minimum Gasteiger partial charge on any atom is -0.426 e. The van der Waals surface area contributed by atoms with Gasteiger partial charge in [0.1, 0.15) is 0 Å². The minimum absolute atomic E-state index is 0.0338. The number of alkyl halides is 3. The van der Waals surface area contributed by atoms with Crippen LogP contribution in [0, 0.1) is 6.92 Å². The first-order valence-corrected chi connectivity index (χ1v) is 9.74. The minimum atomic E-state index is -5.13. The van der Waals surface area contributed by atoms with Gasteiger partial charge in [0.15, 0.2) is 0 Å². The van der Waals surface area contributed by atoms with Gasteiger partial charge in [-0.2, -0.15) is 13.2 Å². The Balaban J connectivity index is 2.04. The summed E-state index contributed by atoms with van der Waals surface area (Å²) < 4.78 is 73.5. The fraction of sp³-hybridized carbons (Fsp3) is 0.235. The first-order chi connectivity index (χ1) is 12.9. The summed E-state index contributed by atoms with van der Waals surface area (Å²) in [6, 6.07) is 9.00. The van der Waals surface area contributed by atoms with Crippen LogP contribution in [0.5, 0.6) is 0 Å². The van der Waals surface area contributed by atoms with E-state index < -0.39 is 40.0 Å². The highest BCUT2D eigenvalue weighted by atomic mass is 35.5. The maximum absolute atomic E-state index is 14.0. The third-order valence-electron chi connectivity index (χ3n) is 4.22. The van der Waals surface area contributed by atoms with Gasteiger partial charge in [0, 0.05) is 10.6 Å². The number of hydrogen-bond acceptors (Lipinski definition) is 4. The maximum atomic E-state index is 14.0. The third kappa shape index (κ3) is 3.67. The summed E-state index contributed by atoms with van der Waals surface area (Å²) in [5.41, 5.74) is -3.14.